The molecule has 2 rings (SSSR count). The second-order valence-electron chi connectivity index (χ2n) is 6.36. The van der Waals surface area contributed by atoms with Gasteiger partial charge in [-0.25, -0.2) is 0 Å². The molecule has 1 heterocycles. The highest BCUT2D eigenvalue weighted by atomic mass is 16.1. The van der Waals surface area contributed by atoms with Crippen molar-refractivity contribution in [3.63, 3.8) is 0 Å². The van der Waals surface area contributed by atoms with Gasteiger partial charge in [0.25, 0.3) is 0 Å². The molecule has 0 radical (unpaired) electrons. The Kier molecular flexibility index (Phi) is 5.04. The Morgan fingerprint density at radius 3 is 2.61 bits per heavy atom. The number of rotatable bonds is 4. The Bertz CT molecular complexity index is 280. The van der Waals surface area contributed by atoms with Crippen LogP contribution in [0.5, 0.6) is 0 Å². The quantitative estimate of drug-likeness (QED) is 0.806. The van der Waals surface area contributed by atoms with E-state index in [1.165, 1.54) is 32.1 Å². The largest absolute Gasteiger partial charge is 0.356 e. The second-order valence-corrected chi connectivity index (χ2v) is 6.36. The van der Waals surface area contributed by atoms with Crippen molar-refractivity contribution in [1.29, 1.82) is 0 Å². The van der Waals surface area contributed by atoms with Gasteiger partial charge in [-0.1, -0.05) is 26.7 Å². The molecule has 2 aliphatic rings. The van der Waals surface area contributed by atoms with Gasteiger partial charge in [-0.2, -0.15) is 0 Å². The molecule has 0 aromatic heterocycles. The smallest absolute Gasteiger partial charge is 0.221 e. The number of nitrogens with one attached hydrogen (secondary N) is 2. The zero-order valence-corrected chi connectivity index (χ0v) is 11.9. The minimum absolute atomic E-state index is 0.236. The van der Waals surface area contributed by atoms with E-state index in [0.717, 1.165) is 19.0 Å². The summed E-state index contributed by atoms with van der Waals surface area (Å²) in [5.41, 5.74) is 0. The Morgan fingerprint density at radius 2 is 1.94 bits per heavy atom. The lowest BCUT2D eigenvalue weighted by atomic mass is 9.90. The standard InChI is InChI=1S/C15H28N2O/c1-11-5-3-7-13(11)10-17-15(18)9-14-12(2)6-4-8-16-14/h11-14,16H,3-10H2,1-2H3,(H,17,18). The maximum absolute atomic E-state index is 12.0. The SMILES string of the molecule is CC1CCCC1CNC(=O)CC1NCCCC1C. The first kappa shape index (κ1) is 13.9. The predicted octanol–water partition coefficient (Wildman–Crippen LogP) is 2.32. The number of carbonyl (C=O) groups is 1. The third kappa shape index (κ3) is 3.71. The molecular weight excluding hydrogens is 224 g/mol. The van der Waals surface area contributed by atoms with Gasteiger partial charge in [0.15, 0.2) is 0 Å². The minimum Gasteiger partial charge on any atom is -0.356 e. The second kappa shape index (κ2) is 6.55. The molecule has 2 fully saturated rings. The van der Waals surface area contributed by atoms with Gasteiger partial charge in [0.05, 0.1) is 0 Å². The average molecular weight is 252 g/mol. The van der Waals surface area contributed by atoms with Crippen LogP contribution in [0.4, 0.5) is 0 Å². The van der Waals surface area contributed by atoms with Crippen LogP contribution in [0.2, 0.25) is 0 Å². The number of hydrogen-bond acceptors (Lipinski definition) is 2. The number of piperidine rings is 1. The molecule has 1 aliphatic carbocycles. The van der Waals surface area contributed by atoms with Crippen LogP contribution in [0.1, 0.15) is 52.4 Å². The molecule has 3 heteroatoms. The first-order chi connectivity index (χ1) is 8.66. The summed E-state index contributed by atoms with van der Waals surface area (Å²) >= 11 is 0. The molecule has 4 unspecified atom stereocenters. The maximum atomic E-state index is 12.0. The third-order valence-electron chi connectivity index (χ3n) is 4.94. The highest BCUT2D eigenvalue weighted by Crippen LogP contribution is 2.30. The van der Waals surface area contributed by atoms with Crippen LogP contribution in [0, 0.1) is 17.8 Å². The van der Waals surface area contributed by atoms with E-state index >= 15 is 0 Å². The maximum Gasteiger partial charge on any atom is 0.221 e. The molecule has 1 aliphatic heterocycles. The van der Waals surface area contributed by atoms with Crippen molar-refractivity contribution >= 4 is 5.91 Å². The summed E-state index contributed by atoms with van der Waals surface area (Å²) in [5.74, 6) is 2.37. The van der Waals surface area contributed by atoms with Gasteiger partial charge in [0.2, 0.25) is 5.91 Å². The molecule has 0 spiro atoms. The highest BCUT2D eigenvalue weighted by molar-refractivity contribution is 5.76. The molecule has 3 nitrogen and oxygen atoms in total. The summed E-state index contributed by atoms with van der Waals surface area (Å²) in [4.78, 5) is 12.0. The zero-order valence-electron chi connectivity index (χ0n) is 11.9. The van der Waals surface area contributed by atoms with Gasteiger partial charge < -0.3 is 10.6 Å². The fourth-order valence-electron chi connectivity index (χ4n) is 3.43. The molecule has 1 saturated carbocycles. The summed E-state index contributed by atoms with van der Waals surface area (Å²) < 4.78 is 0. The predicted molar refractivity (Wildman–Crippen MR) is 74.3 cm³/mol. The summed E-state index contributed by atoms with van der Waals surface area (Å²) in [6.07, 6.45) is 7.12. The summed E-state index contributed by atoms with van der Waals surface area (Å²) in [6.45, 7) is 6.53. The number of carbonyl (C=O) groups excluding carboxylic acids is 1. The van der Waals surface area contributed by atoms with Crippen LogP contribution in [-0.2, 0) is 4.79 Å². The fraction of sp³-hybridized carbons (Fsp3) is 0.933. The van der Waals surface area contributed by atoms with Crippen LogP contribution < -0.4 is 10.6 Å². The van der Waals surface area contributed by atoms with E-state index in [4.69, 9.17) is 0 Å². The Morgan fingerprint density at radius 1 is 1.17 bits per heavy atom. The minimum atomic E-state index is 0.236. The first-order valence-electron chi connectivity index (χ1n) is 7.67. The third-order valence-corrected chi connectivity index (χ3v) is 4.94. The van der Waals surface area contributed by atoms with Crippen molar-refractivity contribution in [2.45, 2.75) is 58.4 Å². The van der Waals surface area contributed by atoms with E-state index in [1.807, 2.05) is 0 Å². The van der Waals surface area contributed by atoms with E-state index < -0.39 is 0 Å². The molecule has 0 aromatic rings. The highest BCUT2D eigenvalue weighted by Gasteiger charge is 2.26. The molecule has 104 valence electrons. The van der Waals surface area contributed by atoms with E-state index in [2.05, 4.69) is 24.5 Å². The molecule has 0 bridgehead atoms. The number of amides is 1. The van der Waals surface area contributed by atoms with Crippen LogP contribution in [0.3, 0.4) is 0 Å². The van der Waals surface area contributed by atoms with Gasteiger partial charge in [-0.05, 0) is 43.6 Å². The lowest BCUT2D eigenvalue weighted by molar-refractivity contribution is -0.122. The van der Waals surface area contributed by atoms with E-state index in [1.54, 1.807) is 0 Å². The summed E-state index contributed by atoms with van der Waals surface area (Å²) in [5, 5.41) is 6.62. The van der Waals surface area contributed by atoms with Crippen LogP contribution >= 0.6 is 0 Å². The molecule has 2 N–H and O–H groups in total. The molecule has 1 saturated heterocycles. The van der Waals surface area contributed by atoms with Gasteiger partial charge in [-0.3, -0.25) is 4.79 Å². The van der Waals surface area contributed by atoms with Crippen molar-refractivity contribution < 1.29 is 4.79 Å². The van der Waals surface area contributed by atoms with E-state index in [9.17, 15) is 4.79 Å². The zero-order chi connectivity index (χ0) is 13.0. The fourth-order valence-corrected chi connectivity index (χ4v) is 3.43. The molecule has 1 amide bonds. The topological polar surface area (TPSA) is 41.1 Å². The van der Waals surface area contributed by atoms with Crippen molar-refractivity contribution in [1.82, 2.24) is 10.6 Å². The van der Waals surface area contributed by atoms with Crippen molar-refractivity contribution in [3.8, 4) is 0 Å². The van der Waals surface area contributed by atoms with Crippen LogP contribution in [-0.4, -0.2) is 25.0 Å². The Labute approximate surface area is 111 Å². The van der Waals surface area contributed by atoms with E-state index in [0.29, 0.717) is 24.3 Å². The lowest BCUT2D eigenvalue weighted by Crippen LogP contribution is -2.44. The van der Waals surface area contributed by atoms with Gasteiger partial charge in [-0.15, -0.1) is 0 Å². The molecular formula is C15H28N2O. The number of hydrogen-bond donors (Lipinski definition) is 2. The van der Waals surface area contributed by atoms with Gasteiger partial charge in [0.1, 0.15) is 0 Å². The monoisotopic (exact) mass is 252 g/mol. The lowest BCUT2D eigenvalue weighted by Gasteiger charge is -2.29. The van der Waals surface area contributed by atoms with Crippen LogP contribution in [0.15, 0.2) is 0 Å². The molecule has 4 atom stereocenters. The van der Waals surface area contributed by atoms with Crippen molar-refractivity contribution in [2.24, 2.45) is 17.8 Å². The van der Waals surface area contributed by atoms with E-state index in [-0.39, 0.29) is 5.91 Å². The molecule has 18 heavy (non-hydrogen) atoms. The Hall–Kier alpha value is -0.570. The van der Waals surface area contributed by atoms with Gasteiger partial charge in [0, 0.05) is 19.0 Å². The average Bonchev–Trinajstić information content (AvgIpc) is 2.75. The first-order valence-corrected chi connectivity index (χ1v) is 7.67. The normalized spacial score (nSPS) is 36.6. The summed E-state index contributed by atoms with van der Waals surface area (Å²) in [7, 11) is 0. The van der Waals surface area contributed by atoms with Crippen LogP contribution in [0.25, 0.3) is 0 Å². The molecule has 0 aromatic carbocycles. The van der Waals surface area contributed by atoms with Crippen molar-refractivity contribution in [3.05, 3.63) is 0 Å². The van der Waals surface area contributed by atoms with Crippen molar-refractivity contribution in [2.75, 3.05) is 13.1 Å². The Balaban J connectivity index is 1.68. The summed E-state index contributed by atoms with van der Waals surface area (Å²) in [6, 6.07) is 0.389. The van der Waals surface area contributed by atoms with Gasteiger partial charge >= 0.3 is 0 Å².